The van der Waals surface area contributed by atoms with Gasteiger partial charge in [0.25, 0.3) is 0 Å². The van der Waals surface area contributed by atoms with Gasteiger partial charge in [0.1, 0.15) is 0 Å². The van der Waals surface area contributed by atoms with Gasteiger partial charge in [-0.05, 0) is 42.3 Å². The monoisotopic (exact) mass is 256 g/mol. The summed E-state index contributed by atoms with van der Waals surface area (Å²) in [5, 5.41) is 20.0. The zero-order chi connectivity index (χ0) is 13.8. The van der Waals surface area contributed by atoms with E-state index in [4.69, 9.17) is 0 Å². The highest BCUT2D eigenvalue weighted by Gasteiger charge is 2.12. The van der Waals surface area contributed by atoms with E-state index >= 15 is 0 Å². The van der Waals surface area contributed by atoms with Crippen molar-refractivity contribution in [3.63, 3.8) is 0 Å². The number of benzene rings is 2. The van der Waals surface area contributed by atoms with Crippen molar-refractivity contribution in [1.82, 2.24) is 0 Å². The molecule has 0 saturated carbocycles. The van der Waals surface area contributed by atoms with Crippen molar-refractivity contribution < 1.29 is 10.0 Å². The number of aryl methyl sites for hydroxylation is 1. The topological polar surface area (TPSA) is 75.7 Å². The Kier molecular flexibility index (Phi) is 3.56. The fourth-order valence-electron chi connectivity index (χ4n) is 1.62. The molecular weight excluding hydrogens is 244 g/mol. The van der Waals surface area contributed by atoms with Gasteiger partial charge in [-0.3, -0.25) is 15.1 Å². The van der Waals surface area contributed by atoms with Crippen molar-refractivity contribution in [2.75, 3.05) is 0 Å². The molecule has 0 atom stereocenters. The van der Waals surface area contributed by atoms with Crippen molar-refractivity contribution in [2.45, 2.75) is 6.92 Å². The van der Waals surface area contributed by atoms with Crippen LogP contribution in [-0.4, -0.2) is 16.2 Å². The SMILES string of the molecule is Cc1cccc(N=Cc2ccc(O)c([N+](=O)[O-])c2)c1. The first-order valence-electron chi connectivity index (χ1n) is 5.64. The van der Waals surface area contributed by atoms with Crippen LogP contribution in [-0.2, 0) is 0 Å². The van der Waals surface area contributed by atoms with Gasteiger partial charge >= 0.3 is 5.69 Å². The molecule has 0 spiro atoms. The summed E-state index contributed by atoms with van der Waals surface area (Å²) >= 11 is 0. The standard InChI is InChI=1S/C14H12N2O3/c1-10-3-2-4-12(7-10)15-9-11-5-6-14(17)13(8-11)16(18)19/h2-9,17H,1H3. The smallest absolute Gasteiger partial charge is 0.311 e. The van der Waals surface area contributed by atoms with Gasteiger partial charge in [0.2, 0.25) is 0 Å². The molecule has 0 heterocycles. The van der Waals surface area contributed by atoms with Crippen LogP contribution < -0.4 is 0 Å². The minimum absolute atomic E-state index is 0.326. The molecule has 1 N–H and O–H groups in total. The molecular formula is C14H12N2O3. The van der Waals surface area contributed by atoms with Crippen molar-refractivity contribution >= 4 is 17.6 Å². The van der Waals surface area contributed by atoms with E-state index in [0.717, 1.165) is 11.3 Å². The second kappa shape index (κ2) is 5.30. The summed E-state index contributed by atoms with van der Waals surface area (Å²) in [6, 6.07) is 11.8. The Bertz CT molecular complexity index is 651. The maximum absolute atomic E-state index is 10.7. The molecule has 0 aliphatic carbocycles. The van der Waals surface area contributed by atoms with E-state index in [2.05, 4.69) is 4.99 Å². The molecule has 0 radical (unpaired) electrons. The van der Waals surface area contributed by atoms with Gasteiger partial charge in [0, 0.05) is 12.3 Å². The molecule has 0 amide bonds. The maximum Gasteiger partial charge on any atom is 0.311 e. The Morgan fingerprint density at radius 3 is 2.74 bits per heavy atom. The summed E-state index contributed by atoms with van der Waals surface area (Å²) in [4.78, 5) is 14.3. The quantitative estimate of drug-likeness (QED) is 0.519. The number of nitro benzene ring substituents is 1. The van der Waals surface area contributed by atoms with Crippen molar-refractivity contribution in [1.29, 1.82) is 0 Å². The molecule has 0 bridgehead atoms. The Balaban J connectivity index is 2.29. The molecule has 5 heteroatoms. The number of phenols is 1. The highest BCUT2D eigenvalue weighted by molar-refractivity contribution is 5.83. The molecule has 0 aromatic heterocycles. The Morgan fingerprint density at radius 2 is 2.05 bits per heavy atom. The van der Waals surface area contributed by atoms with E-state index in [-0.39, 0.29) is 11.4 Å². The summed E-state index contributed by atoms with van der Waals surface area (Å²) in [5.41, 5.74) is 2.10. The maximum atomic E-state index is 10.7. The third kappa shape index (κ3) is 3.16. The van der Waals surface area contributed by atoms with Crippen LogP contribution in [0.2, 0.25) is 0 Å². The minimum atomic E-state index is -0.626. The van der Waals surface area contributed by atoms with E-state index in [1.807, 2.05) is 31.2 Å². The molecule has 5 nitrogen and oxygen atoms in total. The van der Waals surface area contributed by atoms with Gasteiger partial charge in [-0.15, -0.1) is 0 Å². The van der Waals surface area contributed by atoms with E-state index in [9.17, 15) is 15.2 Å². The minimum Gasteiger partial charge on any atom is -0.502 e. The molecule has 0 unspecified atom stereocenters. The van der Waals surface area contributed by atoms with Gasteiger partial charge in [-0.2, -0.15) is 0 Å². The summed E-state index contributed by atoms with van der Waals surface area (Å²) in [6.07, 6.45) is 1.53. The summed E-state index contributed by atoms with van der Waals surface area (Å²) in [5.74, 6) is -0.349. The highest BCUT2D eigenvalue weighted by atomic mass is 16.6. The Hall–Kier alpha value is -2.69. The number of phenolic OH excluding ortho intramolecular Hbond substituents is 1. The van der Waals surface area contributed by atoms with Crippen LogP contribution in [0.15, 0.2) is 47.5 Å². The highest BCUT2D eigenvalue weighted by Crippen LogP contribution is 2.25. The zero-order valence-electron chi connectivity index (χ0n) is 10.3. The number of aliphatic imine (C=N–C) groups is 1. The first-order chi connectivity index (χ1) is 9.06. The lowest BCUT2D eigenvalue weighted by atomic mass is 10.2. The van der Waals surface area contributed by atoms with E-state index < -0.39 is 4.92 Å². The molecule has 96 valence electrons. The second-order valence-corrected chi connectivity index (χ2v) is 4.10. The van der Waals surface area contributed by atoms with Crippen LogP contribution >= 0.6 is 0 Å². The lowest BCUT2D eigenvalue weighted by Crippen LogP contribution is -1.90. The third-order valence-electron chi connectivity index (χ3n) is 2.56. The van der Waals surface area contributed by atoms with Crippen LogP contribution in [0.25, 0.3) is 0 Å². The molecule has 2 rings (SSSR count). The van der Waals surface area contributed by atoms with Crippen LogP contribution in [0, 0.1) is 17.0 Å². The van der Waals surface area contributed by atoms with Crippen molar-refractivity contribution in [3.8, 4) is 5.75 Å². The molecule has 2 aromatic rings. The van der Waals surface area contributed by atoms with E-state index in [0.29, 0.717) is 5.56 Å². The van der Waals surface area contributed by atoms with Gasteiger partial charge in [-0.1, -0.05) is 12.1 Å². The molecule has 2 aromatic carbocycles. The normalized spacial score (nSPS) is 10.8. The van der Waals surface area contributed by atoms with Crippen LogP contribution in [0.4, 0.5) is 11.4 Å². The largest absolute Gasteiger partial charge is 0.502 e. The lowest BCUT2D eigenvalue weighted by molar-refractivity contribution is -0.385. The summed E-state index contributed by atoms with van der Waals surface area (Å²) < 4.78 is 0. The van der Waals surface area contributed by atoms with E-state index in [1.54, 1.807) is 6.07 Å². The number of hydrogen-bond acceptors (Lipinski definition) is 4. The zero-order valence-corrected chi connectivity index (χ0v) is 10.3. The second-order valence-electron chi connectivity index (χ2n) is 4.10. The van der Waals surface area contributed by atoms with Crippen molar-refractivity contribution in [2.24, 2.45) is 4.99 Å². The lowest BCUT2D eigenvalue weighted by Gasteiger charge is -1.98. The van der Waals surface area contributed by atoms with Gasteiger partial charge < -0.3 is 5.11 Å². The Morgan fingerprint density at radius 1 is 1.26 bits per heavy atom. The number of nitrogens with zero attached hydrogens (tertiary/aromatic N) is 2. The van der Waals surface area contributed by atoms with E-state index in [1.165, 1.54) is 18.3 Å². The summed E-state index contributed by atoms with van der Waals surface area (Å²) in [7, 11) is 0. The number of aromatic hydroxyl groups is 1. The molecule has 19 heavy (non-hydrogen) atoms. The predicted octanol–water partition coefficient (Wildman–Crippen LogP) is 3.36. The third-order valence-corrected chi connectivity index (χ3v) is 2.56. The predicted molar refractivity (Wildman–Crippen MR) is 73.2 cm³/mol. The average molecular weight is 256 g/mol. The van der Waals surface area contributed by atoms with Crippen LogP contribution in [0.1, 0.15) is 11.1 Å². The molecule has 0 saturated heterocycles. The molecule has 0 aliphatic rings. The Labute approximate surface area is 110 Å². The number of rotatable bonds is 3. The molecule has 0 aliphatic heterocycles. The number of nitro groups is 1. The van der Waals surface area contributed by atoms with Crippen LogP contribution in [0.5, 0.6) is 5.75 Å². The number of hydrogen-bond donors (Lipinski definition) is 1. The van der Waals surface area contributed by atoms with Gasteiger partial charge in [-0.25, -0.2) is 0 Å². The molecule has 0 fully saturated rings. The summed E-state index contributed by atoms with van der Waals surface area (Å²) in [6.45, 7) is 1.96. The van der Waals surface area contributed by atoms with Gasteiger partial charge in [0.15, 0.2) is 5.75 Å². The fraction of sp³-hybridized carbons (Fsp3) is 0.0714. The van der Waals surface area contributed by atoms with Crippen molar-refractivity contribution in [3.05, 3.63) is 63.7 Å². The fourth-order valence-corrected chi connectivity index (χ4v) is 1.62. The first-order valence-corrected chi connectivity index (χ1v) is 5.64. The van der Waals surface area contributed by atoms with Crippen LogP contribution in [0.3, 0.4) is 0 Å². The van der Waals surface area contributed by atoms with Gasteiger partial charge in [0.05, 0.1) is 10.6 Å². The average Bonchev–Trinajstić information content (AvgIpc) is 2.37. The first kappa shape index (κ1) is 12.8.